The number of benzene rings is 2. The van der Waals surface area contributed by atoms with Crippen molar-refractivity contribution < 1.29 is 14.3 Å². The summed E-state index contributed by atoms with van der Waals surface area (Å²) in [6, 6.07) is 16.9. The van der Waals surface area contributed by atoms with Crippen molar-refractivity contribution in [2.75, 3.05) is 0 Å². The Morgan fingerprint density at radius 2 is 1.83 bits per heavy atom. The Balaban J connectivity index is 1.92. The number of fused-ring (bicyclic) bond motifs is 1. The monoisotopic (exact) mass is 323 g/mol. The number of rotatable bonds is 4. The first kappa shape index (κ1) is 15.8. The second kappa shape index (κ2) is 6.58. The van der Waals surface area contributed by atoms with Crippen LogP contribution in [0.15, 0.2) is 59.4 Å². The second-order valence-electron chi connectivity index (χ2n) is 5.46. The highest BCUT2D eigenvalue weighted by Crippen LogP contribution is 2.23. The Morgan fingerprint density at radius 1 is 1.08 bits per heavy atom. The third-order valence-corrected chi connectivity index (χ3v) is 3.67. The van der Waals surface area contributed by atoms with Crippen LogP contribution in [0.3, 0.4) is 0 Å². The molecule has 0 amide bonds. The predicted molar refractivity (Wildman–Crippen MR) is 91.3 cm³/mol. The zero-order chi connectivity index (χ0) is 17.1. The Morgan fingerprint density at radius 3 is 2.54 bits per heavy atom. The first-order chi connectivity index (χ1) is 11.5. The SMILES string of the molecule is CC(=O)Oc1cc2ccc(OCc3ccccc3)cc2n(C)c1=O. The van der Waals surface area contributed by atoms with Crippen LogP contribution in [0.5, 0.6) is 11.5 Å². The standard InChI is InChI=1S/C19H17NO4/c1-13(21)24-18-10-15-8-9-16(11-17(15)20(2)19(18)22)23-12-14-6-4-3-5-7-14/h3-11H,12H2,1-2H3. The molecule has 0 fully saturated rings. The van der Waals surface area contributed by atoms with E-state index in [0.29, 0.717) is 17.9 Å². The molecule has 0 radical (unpaired) electrons. The molecule has 0 aliphatic carbocycles. The van der Waals surface area contributed by atoms with Gasteiger partial charge in [-0.15, -0.1) is 0 Å². The van der Waals surface area contributed by atoms with Gasteiger partial charge in [-0.3, -0.25) is 9.59 Å². The maximum absolute atomic E-state index is 12.3. The smallest absolute Gasteiger partial charge is 0.308 e. The van der Waals surface area contributed by atoms with Crippen molar-refractivity contribution in [3.8, 4) is 11.5 Å². The van der Waals surface area contributed by atoms with Crippen molar-refractivity contribution in [1.82, 2.24) is 4.57 Å². The van der Waals surface area contributed by atoms with E-state index in [1.807, 2.05) is 42.5 Å². The summed E-state index contributed by atoms with van der Waals surface area (Å²) in [4.78, 5) is 23.4. The molecule has 0 saturated heterocycles. The van der Waals surface area contributed by atoms with Crippen molar-refractivity contribution in [3.63, 3.8) is 0 Å². The zero-order valence-corrected chi connectivity index (χ0v) is 13.5. The van der Waals surface area contributed by atoms with Crippen LogP contribution >= 0.6 is 0 Å². The number of carbonyl (C=O) groups is 1. The van der Waals surface area contributed by atoms with Gasteiger partial charge >= 0.3 is 5.97 Å². The van der Waals surface area contributed by atoms with Crippen LogP contribution in [0.4, 0.5) is 0 Å². The van der Waals surface area contributed by atoms with Crippen molar-refractivity contribution in [3.05, 3.63) is 70.5 Å². The van der Waals surface area contributed by atoms with Crippen LogP contribution in [-0.2, 0) is 18.4 Å². The summed E-state index contributed by atoms with van der Waals surface area (Å²) >= 11 is 0. The Hall–Kier alpha value is -3.08. The van der Waals surface area contributed by atoms with E-state index in [1.54, 1.807) is 19.2 Å². The fourth-order valence-corrected chi connectivity index (χ4v) is 2.47. The van der Waals surface area contributed by atoms with Gasteiger partial charge in [0.1, 0.15) is 12.4 Å². The maximum Gasteiger partial charge on any atom is 0.308 e. The summed E-state index contributed by atoms with van der Waals surface area (Å²) in [6.45, 7) is 1.72. The molecule has 122 valence electrons. The van der Waals surface area contributed by atoms with Gasteiger partial charge in [0.15, 0.2) is 5.75 Å². The van der Waals surface area contributed by atoms with E-state index in [0.717, 1.165) is 10.9 Å². The molecule has 0 aliphatic heterocycles. The number of carbonyl (C=O) groups excluding carboxylic acids is 1. The van der Waals surface area contributed by atoms with Gasteiger partial charge in [0.2, 0.25) is 0 Å². The van der Waals surface area contributed by atoms with E-state index in [4.69, 9.17) is 9.47 Å². The summed E-state index contributed by atoms with van der Waals surface area (Å²) in [5.74, 6) is 0.173. The number of hydrogen-bond donors (Lipinski definition) is 0. The zero-order valence-electron chi connectivity index (χ0n) is 13.5. The molecule has 1 aromatic heterocycles. The summed E-state index contributed by atoms with van der Waals surface area (Å²) < 4.78 is 12.2. The van der Waals surface area contributed by atoms with Crippen molar-refractivity contribution in [2.24, 2.45) is 7.05 Å². The Kier molecular flexibility index (Phi) is 4.33. The van der Waals surface area contributed by atoms with Gasteiger partial charge in [-0.05, 0) is 23.8 Å². The third kappa shape index (κ3) is 3.30. The average molecular weight is 323 g/mol. The fraction of sp³-hybridized carbons (Fsp3) is 0.158. The van der Waals surface area contributed by atoms with E-state index in [-0.39, 0.29) is 11.3 Å². The molecule has 0 bridgehead atoms. The normalized spacial score (nSPS) is 10.6. The molecule has 3 rings (SSSR count). The third-order valence-electron chi connectivity index (χ3n) is 3.67. The minimum Gasteiger partial charge on any atom is -0.489 e. The molecule has 0 saturated carbocycles. The molecule has 24 heavy (non-hydrogen) atoms. The van der Waals surface area contributed by atoms with Crippen LogP contribution in [0.1, 0.15) is 12.5 Å². The lowest BCUT2D eigenvalue weighted by atomic mass is 10.2. The molecule has 0 atom stereocenters. The minimum atomic E-state index is -0.519. The van der Waals surface area contributed by atoms with Crippen molar-refractivity contribution in [2.45, 2.75) is 13.5 Å². The van der Waals surface area contributed by atoms with Gasteiger partial charge in [0.05, 0.1) is 5.52 Å². The lowest BCUT2D eigenvalue weighted by Crippen LogP contribution is -2.21. The highest BCUT2D eigenvalue weighted by Gasteiger charge is 2.10. The van der Waals surface area contributed by atoms with Crippen LogP contribution in [0, 0.1) is 0 Å². The first-order valence-corrected chi connectivity index (χ1v) is 7.53. The number of esters is 1. The van der Waals surface area contributed by atoms with E-state index >= 15 is 0 Å². The molecular formula is C19H17NO4. The van der Waals surface area contributed by atoms with E-state index < -0.39 is 5.97 Å². The quantitative estimate of drug-likeness (QED) is 0.693. The topological polar surface area (TPSA) is 57.5 Å². The molecule has 3 aromatic rings. The highest BCUT2D eigenvalue weighted by molar-refractivity contribution is 5.82. The number of aryl methyl sites for hydroxylation is 1. The Labute approximate surface area is 139 Å². The molecular weight excluding hydrogens is 306 g/mol. The number of pyridine rings is 1. The van der Waals surface area contributed by atoms with Gasteiger partial charge in [0.25, 0.3) is 5.56 Å². The van der Waals surface area contributed by atoms with Gasteiger partial charge < -0.3 is 14.0 Å². The van der Waals surface area contributed by atoms with Gasteiger partial charge in [-0.1, -0.05) is 30.3 Å². The van der Waals surface area contributed by atoms with Crippen LogP contribution in [0.25, 0.3) is 10.9 Å². The number of hydrogen-bond acceptors (Lipinski definition) is 4. The number of ether oxygens (including phenoxy) is 2. The van der Waals surface area contributed by atoms with Crippen molar-refractivity contribution >= 4 is 16.9 Å². The molecule has 5 nitrogen and oxygen atoms in total. The summed E-state index contributed by atoms with van der Waals surface area (Å²) in [6.07, 6.45) is 0. The first-order valence-electron chi connectivity index (χ1n) is 7.53. The van der Waals surface area contributed by atoms with Gasteiger partial charge in [-0.2, -0.15) is 0 Å². The molecule has 0 N–H and O–H groups in total. The van der Waals surface area contributed by atoms with Crippen LogP contribution in [0.2, 0.25) is 0 Å². The lowest BCUT2D eigenvalue weighted by molar-refractivity contribution is -0.131. The largest absolute Gasteiger partial charge is 0.489 e. The molecule has 5 heteroatoms. The average Bonchev–Trinajstić information content (AvgIpc) is 2.58. The Bertz CT molecular complexity index is 945. The number of nitrogens with zero attached hydrogens (tertiary/aromatic N) is 1. The van der Waals surface area contributed by atoms with E-state index in [1.165, 1.54) is 11.5 Å². The molecule has 0 unspecified atom stereocenters. The highest BCUT2D eigenvalue weighted by atomic mass is 16.5. The fourth-order valence-electron chi connectivity index (χ4n) is 2.47. The summed E-state index contributed by atoms with van der Waals surface area (Å²) in [7, 11) is 1.64. The second-order valence-corrected chi connectivity index (χ2v) is 5.46. The summed E-state index contributed by atoms with van der Waals surface area (Å²) in [5, 5.41) is 0.792. The van der Waals surface area contributed by atoms with Crippen LogP contribution in [-0.4, -0.2) is 10.5 Å². The van der Waals surface area contributed by atoms with E-state index in [2.05, 4.69) is 0 Å². The van der Waals surface area contributed by atoms with E-state index in [9.17, 15) is 9.59 Å². The summed E-state index contributed by atoms with van der Waals surface area (Å²) in [5.41, 5.74) is 1.41. The van der Waals surface area contributed by atoms with Gasteiger partial charge in [0, 0.05) is 25.4 Å². The lowest BCUT2D eigenvalue weighted by Gasteiger charge is -2.11. The van der Waals surface area contributed by atoms with Crippen molar-refractivity contribution in [1.29, 1.82) is 0 Å². The molecule has 1 heterocycles. The maximum atomic E-state index is 12.3. The molecule has 0 spiro atoms. The number of aromatic nitrogens is 1. The molecule has 0 aliphatic rings. The molecule has 2 aromatic carbocycles. The predicted octanol–water partition coefficient (Wildman–Crippen LogP) is 3.04. The van der Waals surface area contributed by atoms with Crippen LogP contribution < -0.4 is 15.0 Å². The minimum absolute atomic E-state index is 0.0236. The van der Waals surface area contributed by atoms with Gasteiger partial charge in [-0.25, -0.2) is 0 Å².